The van der Waals surface area contributed by atoms with Crippen LogP contribution in [0.1, 0.15) is 31.4 Å². The Morgan fingerprint density at radius 2 is 2.15 bits per heavy atom. The highest BCUT2D eigenvalue weighted by Crippen LogP contribution is 2.27. The first-order valence-corrected chi connectivity index (χ1v) is 6.87. The van der Waals surface area contributed by atoms with Crippen LogP contribution < -0.4 is 4.74 Å². The van der Waals surface area contributed by atoms with Gasteiger partial charge in [0.25, 0.3) is 0 Å². The van der Waals surface area contributed by atoms with Crippen LogP contribution in [0.2, 0.25) is 0 Å². The topological polar surface area (TPSA) is 59.0 Å². The van der Waals surface area contributed by atoms with Crippen molar-refractivity contribution in [3.8, 4) is 5.75 Å². The van der Waals surface area contributed by atoms with E-state index in [1.165, 1.54) is 0 Å². The van der Waals surface area contributed by atoms with E-state index in [2.05, 4.69) is 0 Å². The molecule has 0 aromatic heterocycles. The molecule has 2 rings (SSSR count). The van der Waals surface area contributed by atoms with Gasteiger partial charge in [-0.3, -0.25) is 0 Å². The van der Waals surface area contributed by atoms with E-state index in [-0.39, 0.29) is 24.8 Å². The third-order valence-corrected chi connectivity index (χ3v) is 3.71. The third-order valence-electron chi connectivity index (χ3n) is 3.71. The van der Waals surface area contributed by atoms with Gasteiger partial charge < -0.3 is 19.5 Å². The minimum Gasteiger partial charge on any atom is -0.497 e. The van der Waals surface area contributed by atoms with Gasteiger partial charge in [-0.15, -0.1) is 0 Å². The highest BCUT2D eigenvalue weighted by atomic mass is 16.6. The van der Waals surface area contributed by atoms with Crippen LogP contribution in [0.25, 0.3) is 0 Å². The molecule has 0 spiro atoms. The van der Waals surface area contributed by atoms with Crippen LogP contribution in [-0.4, -0.2) is 42.5 Å². The van der Waals surface area contributed by atoms with Crippen LogP contribution >= 0.6 is 0 Å². The predicted octanol–water partition coefficient (Wildman–Crippen LogP) is 2.35. The number of amides is 1. The summed E-state index contributed by atoms with van der Waals surface area (Å²) in [6.07, 6.45) is 0.799. The fourth-order valence-electron chi connectivity index (χ4n) is 2.40. The van der Waals surface area contributed by atoms with Crippen molar-refractivity contribution in [1.82, 2.24) is 4.90 Å². The van der Waals surface area contributed by atoms with Gasteiger partial charge in [0.2, 0.25) is 0 Å². The Hall–Kier alpha value is -1.75. The van der Waals surface area contributed by atoms with Crippen LogP contribution in [-0.2, 0) is 4.74 Å². The summed E-state index contributed by atoms with van der Waals surface area (Å²) in [4.78, 5) is 13.7. The molecule has 1 fully saturated rings. The molecule has 20 heavy (non-hydrogen) atoms. The summed E-state index contributed by atoms with van der Waals surface area (Å²) in [5.41, 5.74) is 1.04. The third kappa shape index (κ3) is 3.22. The normalized spacial score (nSPS) is 20.4. The van der Waals surface area contributed by atoms with Crippen molar-refractivity contribution in [3.63, 3.8) is 0 Å². The molecular formula is C15H21NO4. The van der Waals surface area contributed by atoms with Crippen molar-refractivity contribution < 1.29 is 19.4 Å². The number of aliphatic hydroxyl groups excluding tert-OH is 1. The Morgan fingerprint density at radius 3 is 2.70 bits per heavy atom. The Labute approximate surface area is 119 Å². The maximum absolute atomic E-state index is 12.0. The first kappa shape index (κ1) is 14.7. The molecule has 2 atom stereocenters. The van der Waals surface area contributed by atoms with Crippen molar-refractivity contribution in [3.05, 3.63) is 29.8 Å². The van der Waals surface area contributed by atoms with E-state index in [0.29, 0.717) is 13.0 Å². The quantitative estimate of drug-likeness (QED) is 0.899. The smallest absolute Gasteiger partial charge is 0.410 e. The van der Waals surface area contributed by atoms with Gasteiger partial charge in [0, 0.05) is 26.0 Å². The average Bonchev–Trinajstić information content (AvgIpc) is 2.47. The molecule has 1 aromatic carbocycles. The molecule has 1 saturated heterocycles. The number of carbonyl (C=O) groups excluding carboxylic acids is 1. The summed E-state index contributed by atoms with van der Waals surface area (Å²) in [6.45, 7) is 2.68. The molecule has 0 aliphatic carbocycles. The van der Waals surface area contributed by atoms with Crippen molar-refractivity contribution in [2.75, 3.05) is 20.3 Å². The van der Waals surface area contributed by atoms with Crippen molar-refractivity contribution in [2.45, 2.75) is 31.9 Å². The van der Waals surface area contributed by atoms with E-state index in [4.69, 9.17) is 14.6 Å². The molecule has 1 aromatic rings. The fraction of sp³-hybridized carbons (Fsp3) is 0.533. The molecule has 2 unspecified atom stereocenters. The Kier molecular flexibility index (Phi) is 4.84. The Balaban J connectivity index is 2.01. The standard InChI is InChI=1S/C15H21NO4/c1-11(12-3-5-13(19-2)6-4-12)16-9-7-14(8-10-17)20-15(16)18/h3-6,11,14,17H,7-10H2,1-2H3. The maximum Gasteiger partial charge on any atom is 0.410 e. The maximum atomic E-state index is 12.0. The highest BCUT2D eigenvalue weighted by Gasteiger charge is 2.30. The Morgan fingerprint density at radius 1 is 1.45 bits per heavy atom. The van der Waals surface area contributed by atoms with Gasteiger partial charge >= 0.3 is 6.09 Å². The van der Waals surface area contributed by atoms with E-state index < -0.39 is 0 Å². The van der Waals surface area contributed by atoms with Crippen LogP contribution in [0, 0.1) is 0 Å². The summed E-state index contributed by atoms with van der Waals surface area (Å²) in [7, 11) is 1.63. The predicted molar refractivity (Wildman–Crippen MR) is 74.7 cm³/mol. The van der Waals surface area contributed by atoms with E-state index in [1.54, 1.807) is 12.0 Å². The monoisotopic (exact) mass is 279 g/mol. The number of nitrogens with zero attached hydrogens (tertiary/aromatic N) is 1. The molecular weight excluding hydrogens is 258 g/mol. The van der Waals surface area contributed by atoms with Gasteiger partial charge in [-0.05, 0) is 24.6 Å². The molecule has 110 valence electrons. The SMILES string of the molecule is COc1ccc(C(C)N2CCC(CCO)OC2=O)cc1. The van der Waals surface area contributed by atoms with Gasteiger partial charge in [0.05, 0.1) is 13.2 Å². The molecule has 5 nitrogen and oxygen atoms in total. The summed E-state index contributed by atoms with van der Waals surface area (Å²) >= 11 is 0. The van der Waals surface area contributed by atoms with Crippen LogP contribution in [0.4, 0.5) is 4.79 Å². The van der Waals surface area contributed by atoms with Crippen LogP contribution in [0.5, 0.6) is 5.75 Å². The lowest BCUT2D eigenvalue weighted by atomic mass is 10.1. The molecule has 0 bridgehead atoms. The van der Waals surface area contributed by atoms with Crippen molar-refractivity contribution >= 4 is 6.09 Å². The summed E-state index contributed by atoms with van der Waals surface area (Å²) in [5, 5.41) is 8.89. The van der Waals surface area contributed by atoms with Crippen LogP contribution in [0.15, 0.2) is 24.3 Å². The summed E-state index contributed by atoms with van der Waals surface area (Å²) < 4.78 is 10.5. The van der Waals surface area contributed by atoms with Gasteiger partial charge in [-0.1, -0.05) is 12.1 Å². The number of cyclic esters (lactones) is 1. The van der Waals surface area contributed by atoms with Crippen molar-refractivity contribution in [2.24, 2.45) is 0 Å². The second kappa shape index (κ2) is 6.61. The molecule has 1 aliphatic heterocycles. The second-order valence-electron chi connectivity index (χ2n) is 4.95. The zero-order valence-corrected chi connectivity index (χ0v) is 11.9. The molecule has 1 heterocycles. The Bertz CT molecular complexity index is 446. The highest BCUT2D eigenvalue weighted by molar-refractivity contribution is 5.69. The second-order valence-corrected chi connectivity index (χ2v) is 4.95. The molecule has 1 N–H and O–H groups in total. The number of benzene rings is 1. The van der Waals surface area contributed by atoms with Gasteiger partial charge in [0.15, 0.2) is 0 Å². The molecule has 5 heteroatoms. The van der Waals surface area contributed by atoms with E-state index >= 15 is 0 Å². The molecule has 0 saturated carbocycles. The fourth-order valence-corrected chi connectivity index (χ4v) is 2.40. The number of aliphatic hydroxyl groups is 1. The number of rotatable bonds is 5. The van der Waals surface area contributed by atoms with Gasteiger partial charge in [0.1, 0.15) is 11.9 Å². The molecule has 1 aliphatic rings. The number of methoxy groups -OCH3 is 1. The number of hydrogen-bond donors (Lipinski definition) is 1. The lowest BCUT2D eigenvalue weighted by molar-refractivity contribution is 0.00400. The number of hydrogen-bond acceptors (Lipinski definition) is 4. The lowest BCUT2D eigenvalue weighted by Gasteiger charge is -2.35. The summed E-state index contributed by atoms with van der Waals surface area (Å²) in [5.74, 6) is 0.796. The molecule has 0 radical (unpaired) electrons. The number of carbonyl (C=O) groups is 1. The molecule has 1 amide bonds. The lowest BCUT2D eigenvalue weighted by Crippen LogP contribution is -2.43. The van der Waals surface area contributed by atoms with Gasteiger partial charge in [-0.2, -0.15) is 0 Å². The average molecular weight is 279 g/mol. The minimum atomic E-state index is -0.307. The number of ether oxygens (including phenoxy) is 2. The van der Waals surface area contributed by atoms with E-state index in [9.17, 15) is 4.79 Å². The van der Waals surface area contributed by atoms with Gasteiger partial charge in [-0.25, -0.2) is 4.79 Å². The van der Waals surface area contributed by atoms with E-state index in [1.807, 2.05) is 31.2 Å². The zero-order valence-electron chi connectivity index (χ0n) is 11.9. The summed E-state index contributed by atoms with van der Waals surface area (Å²) in [6, 6.07) is 7.64. The van der Waals surface area contributed by atoms with Crippen molar-refractivity contribution in [1.29, 1.82) is 0 Å². The van der Waals surface area contributed by atoms with E-state index in [0.717, 1.165) is 17.7 Å². The zero-order chi connectivity index (χ0) is 14.5. The largest absolute Gasteiger partial charge is 0.497 e. The van der Waals surface area contributed by atoms with Crippen LogP contribution in [0.3, 0.4) is 0 Å². The first-order valence-electron chi connectivity index (χ1n) is 6.87. The first-order chi connectivity index (χ1) is 9.65. The minimum absolute atomic E-state index is 0.0384.